The third-order valence-electron chi connectivity index (χ3n) is 3.06. The molecule has 6 nitrogen and oxygen atoms in total. The molecule has 0 radical (unpaired) electrons. The number of ether oxygens (including phenoxy) is 2. The van der Waals surface area contributed by atoms with Crippen LogP contribution in [0.2, 0.25) is 0 Å². The summed E-state index contributed by atoms with van der Waals surface area (Å²) in [7, 11) is 0. The van der Waals surface area contributed by atoms with Crippen molar-refractivity contribution in [3.63, 3.8) is 0 Å². The van der Waals surface area contributed by atoms with Crippen molar-refractivity contribution in [2.75, 3.05) is 13.2 Å². The van der Waals surface area contributed by atoms with Gasteiger partial charge in [-0.05, 0) is 19.3 Å². The van der Waals surface area contributed by atoms with Gasteiger partial charge in [0.2, 0.25) is 5.79 Å². The summed E-state index contributed by atoms with van der Waals surface area (Å²) < 4.78 is 10.6. The fourth-order valence-electron chi connectivity index (χ4n) is 1.83. The highest BCUT2D eigenvalue weighted by molar-refractivity contribution is 5.82. The molecule has 20 heavy (non-hydrogen) atoms. The van der Waals surface area contributed by atoms with Gasteiger partial charge in [-0.2, -0.15) is 0 Å². The van der Waals surface area contributed by atoms with E-state index in [2.05, 4.69) is 0 Å². The molecule has 0 aliphatic carbocycles. The van der Waals surface area contributed by atoms with E-state index < -0.39 is 23.6 Å². The molecule has 0 N–H and O–H groups in total. The number of carbonyl (C=O) groups excluding carboxylic acids is 2. The lowest BCUT2D eigenvalue weighted by Crippen LogP contribution is -2.61. The van der Waals surface area contributed by atoms with Gasteiger partial charge < -0.3 is 29.3 Å². The molecule has 0 saturated carbocycles. The predicted octanol–water partition coefficient (Wildman–Crippen LogP) is -0.158. The van der Waals surface area contributed by atoms with E-state index in [4.69, 9.17) is 9.47 Å². The molecule has 0 aliphatic heterocycles. The highest BCUT2D eigenvalue weighted by Gasteiger charge is 2.43. The Labute approximate surface area is 120 Å². The Bertz CT molecular complexity index is 292. The van der Waals surface area contributed by atoms with Gasteiger partial charge in [-0.3, -0.25) is 0 Å². The van der Waals surface area contributed by atoms with E-state index in [0.29, 0.717) is 12.8 Å². The first-order chi connectivity index (χ1) is 9.46. The number of hydrogen-bond donors (Lipinski definition) is 0. The Morgan fingerprint density at radius 2 is 1.45 bits per heavy atom. The number of unbranched alkanes of at least 4 members (excludes halogenated alkanes) is 2. The molecule has 0 aliphatic rings. The van der Waals surface area contributed by atoms with E-state index in [1.54, 1.807) is 6.92 Å². The van der Waals surface area contributed by atoms with Gasteiger partial charge in [-0.25, -0.2) is 0 Å². The maximum Gasteiger partial charge on any atom is 0.217 e. The Kier molecular flexibility index (Phi) is 9.16. The fraction of sp³-hybridized carbons (Fsp3) is 0.857. The van der Waals surface area contributed by atoms with Crippen LogP contribution in [0.15, 0.2) is 0 Å². The van der Waals surface area contributed by atoms with E-state index in [0.717, 1.165) is 12.8 Å². The zero-order valence-corrected chi connectivity index (χ0v) is 12.5. The summed E-state index contributed by atoms with van der Waals surface area (Å²) in [5.74, 6) is -6.84. The molecule has 0 aromatic carbocycles. The fourth-order valence-corrected chi connectivity index (χ4v) is 1.83. The molecule has 0 fully saturated rings. The first kappa shape index (κ1) is 18.9. The lowest BCUT2D eigenvalue weighted by molar-refractivity contribution is -0.378. The topological polar surface area (TPSA) is 98.7 Å². The number of hydrogen-bond acceptors (Lipinski definition) is 6. The summed E-state index contributed by atoms with van der Waals surface area (Å²) in [6, 6.07) is 0. The highest BCUT2D eigenvalue weighted by atomic mass is 16.7. The van der Waals surface area contributed by atoms with Crippen LogP contribution in [0, 0.1) is 5.92 Å². The molecule has 0 heterocycles. The number of aliphatic carboxylic acids is 2. The first-order valence-corrected chi connectivity index (χ1v) is 7.16. The lowest BCUT2D eigenvalue weighted by Gasteiger charge is -2.41. The molecule has 0 rings (SSSR count). The van der Waals surface area contributed by atoms with Crippen molar-refractivity contribution in [1.82, 2.24) is 0 Å². The second-order valence-electron chi connectivity index (χ2n) is 4.64. The SMILES string of the molecule is CCCCOC(OCCCC)(C(=O)[O-])C(CC)C(=O)[O-]. The van der Waals surface area contributed by atoms with Gasteiger partial charge in [0.1, 0.15) is 5.97 Å². The van der Waals surface area contributed by atoms with E-state index in [1.807, 2.05) is 13.8 Å². The Balaban J connectivity index is 5.18. The maximum atomic E-state index is 11.5. The van der Waals surface area contributed by atoms with Crippen LogP contribution in [0.3, 0.4) is 0 Å². The average Bonchev–Trinajstić information content (AvgIpc) is 2.38. The molecular formula is C14H24O6-2. The Hall–Kier alpha value is -1.14. The number of carbonyl (C=O) groups is 2. The summed E-state index contributed by atoms with van der Waals surface area (Å²) in [6.07, 6.45) is 2.82. The van der Waals surface area contributed by atoms with E-state index in [1.165, 1.54) is 0 Å². The molecule has 0 aromatic rings. The lowest BCUT2D eigenvalue weighted by atomic mass is 9.95. The zero-order chi connectivity index (χ0) is 15.6. The van der Waals surface area contributed by atoms with Crippen molar-refractivity contribution >= 4 is 11.9 Å². The highest BCUT2D eigenvalue weighted by Crippen LogP contribution is 2.27. The predicted molar refractivity (Wildman–Crippen MR) is 68.2 cm³/mol. The van der Waals surface area contributed by atoms with E-state index in [9.17, 15) is 19.8 Å². The van der Waals surface area contributed by atoms with Gasteiger partial charge in [0.05, 0.1) is 25.1 Å². The smallest absolute Gasteiger partial charge is 0.217 e. The van der Waals surface area contributed by atoms with Crippen LogP contribution in [-0.4, -0.2) is 30.9 Å². The third kappa shape index (κ3) is 5.09. The Morgan fingerprint density at radius 1 is 1.00 bits per heavy atom. The molecule has 0 amide bonds. The number of carboxylic acid groups (broad SMARTS) is 2. The quantitative estimate of drug-likeness (QED) is 0.365. The molecule has 1 atom stereocenters. The van der Waals surface area contributed by atoms with Crippen LogP contribution < -0.4 is 10.2 Å². The molecular weight excluding hydrogens is 264 g/mol. The first-order valence-electron chi connectivity index (χ1n) is 7.16. The number of carboxylic acids is 2. The van der Waals surface area contributed by atoms with Crippen molar-refractivity contribution in [3.05, 3.63) is 0 Å². The zero-order valence-electron chi connectivity index (χ0n) is 12.5. The minimum absolute atomic E-state index is 0.0224. The summed E-state index contributed by atoms with van der Waals surface area (Å²) >= 11 is 0. The summed E-state index contributed by atoms with van der Waals surface area (Å²) in [5, 5.41) is 22.6. The summed E-state index contributed by atoms with van der Waals surface area (Å²) in [6.45, 7) is 5.57. The van der Waals surface area contributed by atoms with Gasteiger partial charge in [-0.15, -0.1) is 0 Å². The maximum absolute atomic E-state index is 11.5. The second kappa shape index (κ2) is 9.72. The number of rotatable bonds is 12. The molecule has 0 bridgehead atoms. The van der Waals surface area contributed by atoms with Crippen molar-refractivity contribution in [1.29, 1.82) is 0 Å². The molecule has 6 heteroatoms. The molecule has 0 spiro atoms. The van der Waals surface area contributed by atoms with Gasteiger partial charge in [0, 0.05) is 0 Å². The molecule has 118 valence electrons. The molecule has 0 saturated heterocycles. The monoisotopic (exact) mass is 288 g/mol. The van der Waals surface area contributed by atoms with E-state index >= 15 is 0 Å². The van der Waals surface area contributed by atoms with Crippen molar-refractivity contribution < 1.29 is 29.3 Å². The second-order valence-corrected chi connectivity index (χ2v) is 4.64. The third-order valence-corrected chi connectivity index (χ3v) is 3.06. The van der Waals surface area contributed by atoms with Crippen LogP contribution in [-0.2, 0) is 19.1 Å². The average molecular weight is 288 g/mol. The minimum Gasteiger partial charge on any atom is -0.550 e. The van der Waals surface area contributed by atoms with Crippen LogP contribution in [0.25, 0.3) is 0 Å². The van der Waals surface area contributed by atoms with Crippen LogP contribution in [0.4, 0.5) is 0 Å². The van der Waals surface area contributed by atoms with Crippen LogP contribution in [0.1, 0.15) is 52.9 Å². The van der Waals surface area contributed by atoms with Crippen molar-refractivity contribution in [2.45, 2.75) is 58.7 Å². The van der Waals surface area contributed by atoms with Gasteiger partial charge in [-0.1, -0.05) is 33.6 Å². The standard InChI is InChI=1S/C14H26O6/c1-4-7-9-19-14(13(17)18,20-10-8-5-2)11(6-3)12(15)16/h11H,4-10H2,1-3H3,(H,15,16)(H,17,18)/p-2. The minimum atomic E-state index is -2.27. The summed E-state index contributed by atoms with van der Waals surface area (Å²) in [5.41, 5.74) is 0. The molecule has 1 unspecified atom stereocenters. The summed E-state index contributed by atoms with van der Waals surface area (Å²) in [4.78, 5) is 22.6. The van der Waals surface area contributed by atoms with Crippen molar-refractivity contribution in [2.24, 2.45) is 5.92 Å². The van der Waals surface area contributed by atoms with Gasteiger partial charge in [0.25, 0.3) is 0 Å². The van der Waals surface area contributed by atoms with Gasteiger partial charge >= 0.3 is 0 Å². The van der Waals surface area contributed by atoms with E-state index in [-0.39, 0.29) is 19.6 Å². The molecule has 0 aromatic heterocycles. The van der Waals surface area contributed by atoms with Crippen LogP contribution >= 0.6 is 0 Å². The largest absolute Gasteiger partial charge is 0.550 e. The van der Waals surface area contributed by atoms with Crippen LogP contribution in [0.5, 0.6) is 0 Å². The Morgan fingerprint density at radius 3 is 1.70 bits per heavy atom. The normalized spacial score (nSPS) is 13.2. The van der Waals surface area contributed by atoms with Crippen molar-refractivity contribution in [3.8, 4) is 0 Å². The van der Waals surface area contributed by atoms with Gasteiger partial charge in [0.15, 0.2) is 0 Å².